The third-order valence-electron chi connectivity index (χ3n) is 3.55. The molecule has 1 aliphatic rings. The number of nitrogens with two attached hydrogens (primary N) is 1. The Balaban J connectivity index is 2.05. The van der Waals surface area contributed by atoms with Crippen molar-refractivity contribution < 1.29 is 0 Å². The standard InChI is InChI=1S/C13H21N3/c1-10-5-3-2-4-6-12(10)16-13-7-8-15-9-11(13)14/h7-10,12H,2-6,14H2,1H3,(H,15,16). The molecule has 3 nitrogen and oxygen atoms in total. The Labute approximate surface area is 97.5 Å². The normalized spacial score (nSPS) is 26.1. The zero-order valence-electron chi connectivity index (χ0n) is 9.95. The van der Waals surface area contributed by atoms with Gasteiger partial charge < -0.3 is 11.1 Å². The fraction of sp³-hybridized carbons (Fsp3) is 0.615. The lowest BCUT2D eigenvalue weighted by Crippen LogP contribution is -2.26. The summed E-state index contributed by atoms with van der Waals surface area (Å²) in [5.41, 5.74) is 7.68. The average molecular weight is 219 g/mol. The first-order chi connectivity index (χ1) is 7.77. The number of hydrogen-bond acceptors (Lipinski definition) is 3. The maximum absolute atomic E-state index is 5.90. The van der Waals surface area contributed by atoms with E-state index in [0.717, 1.165) is 17.3 Å². The van der Waals surface area contributed by atoms with Crippen LogP contribution in [0, 0.1) is 5.92 Å². The Morgan fingerprint density at radius 2 is 2.12 bits per heavy atom. The zero-order valence-corrected chi connectivity index (χ0v) is 9.95. The van der Waals surface area contributed by atoms with Gasteiger partial charge in [-0.2, -0.15) is 0 Å². The Kier molecular flexibility index (Phi) is 3.65. The number of nitrogen functional groups attached to an aromatic ring is 1. The van der Waals surface area contributed by atoms with Crippen molar-refractivity contribution in [3.8, 4) is 0 Å². The SMILES string of the molecule is CC1CCCCCC1Nc1ccncc1N. The first kappa shape index (κ1) is 11.2. The van der Waals surface area contributed by atoms with Gasteiger partial charge in [-0.25, -0.2) is 0 Å². The molecular weight excluding hydrogens is 198 g/mol. The highest BCUT2D eigenvalue weighted by Crippen LogP contribution is 2.27. The molecule has 0 amide bonds. The van der Waals surface area contributed by atoms with E-state index >= 15 is 0 Å². The van der Waals surface area contributed by atoms with Gasteiger partial charge in [0.05, 0.1) is 17.6 Å². The van der Waals surface area contributed by atoms with Crippen LogP contribution in [0.4, 0.5) is 11.4 Å². The lowest BCUT2D eigenvalue weighted by molar-refractivity contribution is 0.457. The van der Waals surface area contributed by atoms with Crippen LogP contribution in [-0.4, -0.2) is 11.0 Å². The highest BCUT2D eigenvalue weighted by Gasteiger charge is 2.19. The molecule has 3 heteroatoms. The quantitative estimate of drug-likeness (QED) is 0.752. The second-order valence-corrected chi connectivity index (χ2v) is 4.83. The molecule has 1 aromatic heterocycles. The van der Waals surface area contributed by atoms with Gasteiger partial charge in [0.15, 0.2) is 0 Å². The van der Waals surface area contributed by atoms with E-state index in [0.29, 0.717) is 6.04 Å². The molecule has 0 saturated heterocycles. The van der Waals surface area contributed by atoms with Gasteiger partial charge in [0, 0.05) is 12.2 Å². The van der Waals surface area contributed by atoms with Crippen LogP contribution in [0.25, 0.3) is 0 Å². The van der Waals surface area contributed by atoms with E-state index in [1.54, 1.807) is 12.4 Å². The summed E-state index contributed by atoms with van der Waals surface area (Å²) in [6.07, 6.45) is 10.1. The number of nitrogens with one attached hydrogen (secondary N) is 1. The van der Waals surface area contributed by atoms with Gasteiger partial charge in [0.2, 0.25) is 0 Å². The van der Waals surface area contributed by atoms with Crippen molar-refractivity contribution in [2.24, 2.45) is 5.92 Å². The number of aromatic nitrogens is 1. The predicted octanol–water partition coefficient (Wildman–Crippen LogP) is 3.04. The fourth-order valence-corrected chi connectivity index (χ4v) is 2.45. The van der Waals surface area contributed by atoms with Gasteiger partial charge in [0.25, 0.3) is 0 Å². The van der Waals surface area contributed by atoms with Crippen molar-refractivity contribution in [1.29, 1.82) is 0 Å². The minimum Gasteiger partial charge on any atom is -0.396 e. The smallest absolute Gasteiger partial charge is 0.0736 e. The monoisotopic (exact) mass is 219 g/mol. The number of hydrogen-bond donors (Lipinski definition) is 2. The maximum atomic E-state index is 5.90. The topological polar surface area (TPSA) is 50.9 Å². The molecule has 16 heavy (non-hydrogen) atoms. The molecule has 2 rings (SSSR count). The molecule has 1 aliphatic carbocycles. The molecule has 88 valence electrons. The molecule has 1 heterocycles. The van der Waals surface area contributed by atoms with Crippen LogP contribution in [0.1, 0.15) is 39.0 Å². The van der Waals surface area contributed by atoms with Crippen molar-refractivity contribution in [3.05, 3.63) is 18.5 Å². The lowest BCUT2D eigenvalue weighted by atomic mass is 9.97. The molecule has 2 unspecified atom stereocenters. The highest BCUT2D eigenvalue weighted by atomic mass is 14.9. The Bertz CT molecular complexity index is 338. The van der Waals surface area contributed by atoms with Crippen LogP contribution in [-0.2, 0) is 0 Å². The summed E-state index contributed by atoms with van der Waals surface area (Å²) in [6, 6.07) is 2.53. The van der Waals surface area contributed by atoms with Crippen molar-refractivity contribution >= 4 is 11.4 Å². The van der Waals surface area contributed by atoms with Crippen LogP contribution < -0.4 is 11.1 Å². The predicted molar refractivity (Wildman–Crippen MR) is 68.3 cm³/mol. The van der Waals surface area contributed by atoms with E-state index in [1.165, 1.54) is 32.1 Å². The zero-order chi connectivity index (χ0) is 11.4. The van der Waals surface area contributed by atoms with Crippen molar-refractivity contribution in [2.45, 2.75) is 45.1 Å². The molecule has 1 aromatic rings. The van der Waals surface area contributed by atoms with E-state index in [9.17, 15) is 0 Å². The van der Waals surface area contributed by atoms with Gasteiger partial charge in [-0.05, 0) is 24.8 Å². The Morgan fingerprint density at radius 1 is 1.31 bits per heavy atom. The summed E-state index contributed by atoms with van der Waals surface area (Å²) in [5, 5.41) is 3.57. The van der Waals surface area contributed by atoms with Gasteiger partial charge in [-0.1, -0.05) is 26.2 Å². The average Bonchev–Trinajstić information content (AvgIpc) is 2.48. The summed E-state index contributed by atoms with van der Waals surface area (Å²) in [5.74, 6) is 0.732. The van der Waals surface area contributed by atoms with E-state index < -0.39 is 0 Å². The molecule has 0 spiro atoms. The maximum Gasteiger partial charge on any atom is 0.0736 e. The van der Waals surface area contributed by atoms with Crippen molar-refractivity contribution in [2.75, 3.05) is 11.1 Å². The fourth-order valence-electron chi connectivity index (χ4n) is 2.45. The van der Waals surface area contributed by atoms with Gasteiger partial charge >= 0.3 is 0 Å². The summed E-state index contributed by atoms with van der Waals surface area (Å²) >= 11 is 0. The molecule has 2 atom stereocenters. The van der Waals surface area contributed by atoms with Crippen LogP contribution in [0.2, 0.25) is 0 Å². The molecular formula is C13H21N3. The van der Waals surface area contributed by atoms with Crippen LogP contribution in [0.3, 0.4) is 0 Å². The number of pyridine rings is 1. The summed E-state index contributed by atoms with van der Waals surface area (Å²) in [6.45, 7) is 2.33. The van der Waals surface area contributed by atoms with Crippen LogP contribution >= 0.6 is 0 Å². The number of anilines is 2. The van der Waals surface area contributed by atoms with Crippen LogP contribution in [0.5, 0.6) is 0 Å². The van der Waals surface area contributed by atoms with Gasteiger partial charge in [-0.3, -0.25) is 4.98 Å². The third kappa shape index (κ3) is 2.65. The van der Waals surface area contributed by atoms with Crippen LogP contribution in [0.15, 0.2) is 18.5 Å². The molecule has 0 radical (unpaired) electrons. The minimum atomic E-state index is 0.562. The Hall–Kier alpha value is -1.25. The van der Waals surface area contributed by atoms with Gasteiger partial charge in [0.1, 0.15) is 0 Å². The number of nitrogens with zero attached hydrogens (tertiary/aromatic N) is 1. The van der Waals surface area contributed by atoms with Gasteiger partial charge in [-0.15, -0.1) is 0 Å². The van der Waals surface area contributed by atoms with Crippen molar-refractivity contribution in [1.82, 2.24) is 4.98 Å². The molecule has 3 N–H and O–H groups in total. The Morgan fingerprint density at radius 3 is 2.94 bits per heavy atom. The summed E-state index contributed by atoms with van der Waals surface area (Å²) in [4.78, 5) is 4.01. The van der Waals surface area contributed by atoms with E-state index in [1.807, 2.05) is 6.07 Å². The van der Waals surface area contributed by atoms with E-state index in [4.69, 9.17) is 5.73 Å². The first-order valence-corrected chi connectivity index (χ1v) is 6.23. The summed E-state index contributed by atoms with van der Waals surface area (Å²) in [7, 11) is 0. The molecule has 0 aromatic carbocycles. The second kappa shape index (κ2) is 5.19. The third-order valence-corrected chi connectivity index (χ3v) is 3.55. The molecule has 1 fully saturated rings. The second-order valence-electron chi connectivity index (χ2n) is 4.83. The molecule has 0 aliphatic heterocycles. The summed E-state index contributed by atoms with van der Waals surface area (Å²) < 4.78 is 0. The van der Waals surface area contributed by atoms with Crippen molar-refractivity contribution in [3.63, 3.8) is 0 Å². The van der Waals surface area contributed by atoms with E-state index in [2.05, 4.69) is 17.2 Å². The molecule has 1 saturated carbocycles. The number of rotatable bonds is 2. The molecule has 0 bridgehead atoms. The minimum absolute atomic E-state index is 0.562. The van der Waals surface area contributed by atoms with E-state index in [-0.39, 0.29) is 0 Å². The first-order valence-electron chi connectivity index (χ1n) is 6.23. The lowest BCUT2D eigenvalue weighted by Gasteiger charge is -2.24. The largest absolute Gasteiger partial charge is 0.396 e. The highest BCUT2D eigenvalue weighted by molar-refractivity contribution is 5.64.